The van der Waals surface area contributed by atoms with Crippen LogP contribution in [-0.4, -0.2) is 33.1 Å². The SMILES string of the molecule is C[C@@H](Sc1ncn[nH]1)C(=O)Nc1ccc2c(c1)OCO2. The fourth-order valence-corrected chi connectivity index (χ4v) is 2.40. The van der Waals surface area contributed by atoms with Crippen molar-refractivity contribution >= 4 is 23.4 Å². The number of nitrogens with zero attached hydrogens (tertiary/aromatic N) is 2. The molecule has 2 heterocycles. The van der Waals surface area contributed by atoms with Crippen LogP contribution in [0.25, 0.3) is 0 Å². The molecule has 2 aromatic rings. The number of anilines is 1. The van der Waals surface area contributed by atoms with Crippen LogP contribution < -0.4 is 14.8 Å². The van der Waals surface area contributed by atoms with Crippen LogP contribution in [0.2, 0.25) is 0 Å². The third-order valence-electron chi connectivity index (χ3n) is 2.69. The van der Waals surface area contributed by atoms with E-state index in [1.165, 1.54) is 18.1 Å². The van der Waals surface area contributed by atoms with Gasteiger partial charge >= 0.3 is 0 Å². The predicted molar refractivity (Wildman–Crippen MR) is 72.9 cm³/mol. The number of ether oxygens (including phenoxy) is 2. The van der Waals surface area contributed by atoms with E-state index in [1.54, 1.807) is 25.1 Å². The van der Waals surface area contributed by atoms with Crippen LogP contribution in [0.15, 0.2) is 29.7 Å². The van der Waals surface area contributed by atoms with E-state index in [1.807, 2.05) is 0 Å². The van der Waals surface area contributed by atoms with Crippen LogP contribution in [0.1, 0.15) is 6.92 Å². The van der Waals surface area contributed by atoms with Gasteiger partial charge in [0.25, 0.3) is 0 Å². The molecule has 7 nitrogen and oxygen atoms in total. The summed E-state index contributed by atoms with van der Waals surface area (Å²) < 4.78 is 10.5. The van der Waals surface area contributed by atoms with Crippen molar-refractivity contribution in [3.63, 3.8) is 0 Å². The molecule has 0 saturated carbocycles. The van der Waals surface area contributed by atoms with Gasteiger partial charge in [0, 0.05) is 11.8 Å². The molecule has 0 fully saturated rings. The molecule has 0 radical (unpaired) electrons. The summed E-state index contributed by atoms with van der Waals surface area (Å²) in [5.74, 6) is 1.20. The molecule has 8 heteroatoms. The van der Waals surface area contributed by atoms with Crippen molar-refractivity contribution < 1.29 is 14.3 Å². The highest BCUT2D eigenvalue weighted by Gasteiger charge is 2.18. The maximum atomic E-state index is 12.1. The van der Waals surface area contributed by atoms with Gasteiger partial charge in [-0.05, 0) is 19.1 Å². The molecular formula is C12H12N4O3S. The summed E-state index contributed by atoms with van der Waals surface area (Å²) >= 11 is 1.31. The molecule has 2 N–H and O–H groups in total. The first-order valence-corrected chi connectivity index (χ1v) is 6.83. The van der Waals surface area contributed by atoms with Crippen molar-refractivity contribution in [3.05, 3.63) is 24.5 Å². The fraction of sp³-hybridized carbons (Fsp3) is 0.250. The molecule has 20 heavy (non-hydrogen) atoms. The highest BCUT2D eigenvalue weighted by Crippen LogP contribution is 2.34. The van der Waals surface area contributed by atoms with E-state index < -0.39 is 0 Å². The van der Waals surface area contributed by atoms with Gasteiger partial charge in [-0.1, -0.05) is 11.8 Å². The second kappa shape index (κ2) is 5.41. The van der Waals surface area contributed by atoms with Crippen LogP contribution in [0.4, 0.5) is 5.69 Å². The summed E-state index contributed by atoms with van der Waals surface area (Å²) in [5.41, 5.74) is 0.671. The van der Waals surface area contributed by atoms with E-state index in [9.17, 15) is 4.79 Å². The minimum atomic E-state index is -0.298. The number of thioether (sulfide) groups is 1. The van der Waals surface area contributed by atoms with Gasteiger partial charge in [-0.3, -0.25) is 9.89 Å². The first kappa shape index (κ1) is 12.8. The normalized spacial score (nSPS) is 14.1. The number of carbonyl (C=O) groups is 1. The van der Waals surface area contributed by atoms with Crippen LogP contribution >= 0.6 is 11.8 Å². The molecule has 1 atom stereocenters. The molecule has 3 rings (SSSR count). The van der Waals surface area contributed by atoms with Gasteiger partial charge in [0.05, 0.1) is 5.25 Å². The molecule has 1 aromatic heterocycles. The van der Waals surface area contributed by atoms with E-state index in [0.29, 0.717) is 22.3 Å². The smallest absolute Gasteiger partial charge is 0.237 e. The number of nitrogens with one attached hydrogen (secondary N) is 2. The Morgan fingerprint density at radius 2 is 2.30 bits per heavy atom. The van der Waals surface area contributed by atoms with Crippen molar-refractivity contribution in [1.29, 1.82) is 0 Å². The molecule has 104 valence electrons. The second-order valence-electron chi connectivity index (χ2n) is 4.11. The minimum absolute atomic E-state index is 0.120. The van der Waals surface area contributed by atoms with Gasteiger partial charge < -0.3 is 14.8 Å². The molecule has 1 aliphatic rings. The number of hydrogen-bond donors (Lipinski definition) is 2. The van der Waals surface area contributed by atoms with E-state index in [2.05, 4.69) is 20.5 Å². The van der Waals surface area contributed by atoms with E-state index in [4.69, 9.17) is 9.47 Å². The first-order chi connectivity index (χ1) is 9.72. The van der Waals surface area contributed by atoms with Crippen molar-refractivity contribution in [2.75, 3.05) is 12.1 Å². The van der Waals surface area contributed by atoms with Crippen molar-refractivity contribution in [2.24, 2.45) is 0 Å². The molecule has 0 saturated heterocycles. The maximum Gasteiger partial charge on any atom is 0.237 e. The van der Waals surface area contributed by atoms with Crippen LogP contribution in [0, 0.1) is 0 Å². The Labute approximate surface area is 119 Å². The third kappa shape index (κ3) is 2.69. The molecule has 0 aliphatic carbocycles. The van der Waals surface area contributed by atoms with E-state index in [0.717, 1.165) is 0 Å². The zero-order valence-electron chi connectivity index (χ0n) is 10.6. The average Bonchev–Trinajstić information content (AvgIpc) is 3.08. The number of amides is 1. The van der Waals surface area contributed by atoms with Crippen LogP contribution in [0.5, 0.6) is 11.5 Å². The molecule has 1 amide bonds. The lowest BCUT2D eigenvalue weighted by molar-refractivity contribution is -0.115. The van der Waals surface area contributed by atoms with Gasteiger partial charge in [0.1, 0.15) is 6.33 Å². The van der Waals surface area contributed by atoms with Gasteiger partial charge in [-0.2, -0.15) is 5.10 Å². The van der Waals surface area contributed by atoms with Crippen LogP contribution in [0.3, 0.4) is 0 Å². The fourth-order valence-electron chi connectivity index (χ4n) is 1.69. The maximum absolute atomic E-state index is 12.1. The van der Waals surface area contributed by atoms with E-state index >= 15 is 0 Å². The Kier molecular flexibility index (Phi) is 3.46. The third-order valence-corrected chi connectivity index (χ3v) is 3.68. The number of H-pyrrole nitrogens is 1. The molecule has 0 bridgehead atoms. The zero-order chi connectivity index (χ0) is 13.9. The molecular weight excluding hydrogens is 280 g/mol. The number of hydrogen-bond acceptors (Lipinski definition) is 6. The first-order valence-electron chi connectivity index (χ1n) is 5.95. The lowest BCUT2D eigenvalue weighted by atomic mass is 10.2. The Morgan fingerprint density at radius 1 is 1.45 bits per heavy atom. The number of carbonyl (C=O) groups excluding carboxylic acids is 1. The molecule has 0 spiro atoms. The summed E-state index contributed by atoms with van der Waals surface area (Å²) in [4.78, 5) is 16.0. The summed E-state index contributed by atoms with van der Waals surface area (Å²) in [5, 5.41) is 9.58. The number of rotatable bonds is 4. The van der Waals surface area contributed by atoms with Gasteiger partial charge in [-0.25, -0.2) is 4.98 Å². The Bertz CT molecular complexity index is 617. The van der Waals surface area contributed by atoms with Crippen molar-refractivity contribution in [3.8, 4) is 11.5 Å². The quantitative estimate of drug-likeness (QED) is 0.833. The van der Waals surface area contributed by atoms with Crippen molar-refractivity contribution in [1.82, 2.24) is 15.2 Å². The molecule has 1 aromatic carbocycles. The number of fused-ring (bicyclic) bond motifs is 1. The highest BCUT2D eigenvalue weighted by molar-refractivity contribution is 8.00. The summed E-state index contributed by atoms with van der Waals surface area (Å²) in [6.07, 6.45) is 1.41. The minimum Gasteiger partial charge on any atom is -0.454 e. The highest BCUT2D eigenvalue weighted by atomic mass is 32.2. The summed E-state index contributed by atoms with van der Waals surface area (Å²) in [7, 11) is 0. The van der Waals surface area contributed by atoms with Crippen molar-refractivity contribution in [2.45, 2.75) is 17.3 Å². The predicted octanol–water partition coefficient (Wildman–Crippen LogP) is 1.65. The monoisotopic (exact) mass is 292 g/mol. The zero-order valence-corrected chi connectivity index (χ0v) is 11.4. The Morgan fingerprint density at radius 3 is 3.10 bits per heavy atom. The number of benzene rings is 1. The second-order valence-corrected chi connectivity index (χ2v) is 5.44. The largest absolute Gasteiger partial charge is 0.454 e. The summed E-state index contributed by atoms with van der Waals surface area (Å²) in [6, 6.07) is 5.29. The molecule has 1 aliphatic heterocycles. The van der Waals surface area contributed by atoms with Gasteiger partial charge in [0.2, 0.25) is 12.7 Å². The Balaban J connectivity index is 1.63. The van der Waals surface area contributed by atoms with Gasteiger partial charge in [-0.15, -0.1) is 0 Å². The standard InChI is InChI=1S/C12H12N4O3S/c1-7(20-12-13-5-14-16-12)11(17)15-8-2-3-9-10(4-8)19-6-18-9/h2-5,7H,6H2,1H3,(H,15,17)(H,13,14,16)/t7-/m1/s1. The lowest BCUT2D eigenvalue weighted by Crippen LogP contribution is -2.22. The Hall–Kier alpha value is -2.22. The van der Waals surface area contributed by atoms with Gasteiger partial charge in [0.15, 0.2) is 16.7 Å². The molecule has 0 unspecified atom stereocenters. The number of aromatic amines is 1. The van der Waals surface area contributed by atoms with E-state index in [-0.39, 0.29) is 18.0 Å². The summed E-state index contributed by atoms with van der Waals surface area (Å²) in [6.45, 7) is 2.01. The number of aromatic nitrogens is 3. The average molecular weight is 292 g/mol. The topological polar surface area (TPSA) is 89.1 Å². The lowest BCUT2D eigenvalue weighted by Gasteiger charge is -2.10. The van der Waals surface area contributed by atoms with Crippen LogP contribution in [-0.2, 0) is 4.79 Å².